The first-order valence-corrected chi connectivity index (χ1v) is 9.17. The van der Waals surface area contributed by atoms with Crippen LogP contribution in [0.2, 0.25) is 0 Å². The van der Waals surface area contributed by atoms with Gasteiger partial charge in [0.1, 0.15) is 11.6 Å². The third kappa shape index (κ3) is 3.34. The lowest BCUT2D eigenvalue weighted by molar-refractivity contribution is 0.527. The van der Waals surface area contributed by atoms with Crippen LogP contribution in [-0.4, -0.2) is 37.9 Å². The molecular weight excluding hydrogens is 326 g/mol. The summed E-state index contributed by atoms with van der Waals surface area (Å²) >= 11 is 0. The Balaban J connectivity index is 1.47. The topological polar surface area (TPSA) is 71.2 Å². The first kappa shape index (κ1) is 16.8. The second-order valence-corrected chi connectivity index (χ2v) is 7.83. The lowest BCUT2D eigenvalue weighted by atomic mass is 9.96. The first-order chi connectivity index (χ1) is 12.5. The number of pyridine rings is 1. The third-order valence-corrected chi connectivity index (χ3v) is 4.65. The van der Waals surface area contributed by atoms with Crippen LogP contribution < -0.4 is 10.2 Å². The predicted octanol–water partition coefficient (Wildman–Crippen LogP) is 3.03. The fraction of sp³-hybridized carbons (Fsp3) is 0.474. The molecule has 7 heteroatoms. The molecule has 3 aromatic heterocycles. The summed E-state index contributed by atoms with van der Waals surface area (Å²) in [7, 11) is 0. The van der Waals surface area contributed by atoms with Gasteiger partial charge in [-0.2, -0.15) is 4.52 Å². The van der Waals surface area contributed by atoms with Crippen molar-refractivity contribution >= 4 is 17.3 Å². The molecule has 0 radical (unpaired) electrons. The number of hydrogen-bond donors (Lipinski definition) is 1. The molecule has 4 rings (SSSR count). The number of fused-ring (bicyclic) bond motifs is 1. The molecule has 136 valence electrons. The molecule has 0 saturated carbocycles. The minimum atomic E-state index is -0.111. The van der Waals surface area contributed by atoms with E-state index < -0.39 is 0 Å². The average molecular weight is 351 g/mol. The van der Waals surface area contributed by atoms with Crippen LogP contribution >= 0.6 is 0 Å². The summed E-state index contributed by atoms with van der Waals surface area (Å²) in [5.41, 5.74) is 1.78. The maximum Gasteiger partial charge on any atom is 0.178 e. The van der Waals surface area contributed by atoms with E-state index >= 15 is 0 Å². The zero-order valence-electron chi connectivity index (χ0n) is 15.6. The highest BCUT2D eigenvalue weighted by molar-refractivity contribution is 5.45. The van der Waals surface area contributed by atoms with Gasteiger partial charge < -0.3 is 10.2 Å². The van der Waals surface area contributed by atoms with Gasteiger partial charge in [-0.15, -0.1) is 15.3 Å². The number of anilines is 2. The van der Waals surface area contributed by atoms with Crippen LogP contribution in [0.15, 0.2) is 30.5 Å². The predicted molar refractivity (Wildman–Crippen MR) is 102 cm³/mol. The van der Waals surface area contributed by atoms with E-state index in [0.29, 0.717) is 6.54 Å². The Morgan fingerprint density at radius 3 is 2.54 bits per heavy atom. The van der Waals surface area contributed by atoms with Crippen molar-refractivity contribution in [2.24, 2.45) is 0 Å². The Hall–Kier alpha value is -2.70. The van der Waals surface area contributed by atoms with Crippen molar-refractivity contribution < 1.29 is 0 Å². The van der Waals surface area contributed by atoms with E-state index in [4.69, 9.17) is 0 Å². The fourth-order valence-corrected chi connectivity index (χ4v) is 3.20. The minimum absolute atomic E-state index is 0.111. The van der Waals surface area contributed by atoms with Crippen LogP contribution in [0.4, 0.5) is 11.6 Å². The van der Waals surface area contributed by atoms with Crippen molar-refractivity contribution in [3.8, 4) is 0 Å². The summed E-state index contributed by atoms with van der Waals surface area (Å²) in [5, 5.41) is 16.5. The zero-order valence-corrected chi connectivity index (χ0v) is 15.6. The number of nitrogens with zero attached hydrogens (tertiary/aromatic N) is 6. The van der Waals surface area contributed by atoms with Gasteiger partial charge in [0.25, 0.3) is 0 Å². The van der Waals surface area contributed by atoms with Crippen molar-refractivity contribution in [1.29, 1.82) is 0 Å². The molecule has 0 spiro atoms. The average Bonchev–Trinajstić information content (AvgIpc) is 3.29. The molecule has 0 atom stereocenters. The molecule has 4 heterocycles. The van der Waals surface area contributed by atoms with Crippen LogP contribution in [0.1, 0.15) is 45.0 Å². The van der Waals surface area contributed by atoms with Gasteiger partial charge in [-0.1, -0.05) is 26.8 Å². The number of rotatable bonds is 4. The summed E-state index contributed by atoms with van der Waals surface area (Å²) < 4.78 is 1.82. The summed E-state index contributed by atoms with van der Waals surface area (Å²) in [4.78, 5) is 6.94. The van der Waals surface area contributed by atoms with E-state index in [2.05, 4.69) is 63.4 Å². The normalized spacial score (nSPS) is 15.0. The molecular formula is C19H25N7. The molecule has 0 amide bonds. The van der Waals surface area contributed by atoms with Crippen molar-refractivity contribution in [3.63, 3.8) is 0 Å². The number of nitrogens with one attached hydrogen (secondary N) is 1. The Labute approximate surface area is 153 Å². The van der Waals surface area contributed by atoms with Crippen molar-refractivity contribution in [2.75, 3.05) is 23.3 Å². The van der Waals surface area contributed by atoms with E-state index in [-0.39, 0.29) is 5.41 Å². The standard InChI is InChI=1S/C19H25N7/c1-19(2,3)18-23-22-17-9-7-15(24-26(17)18)20-12-14-6-8-16(21-13-14)25-10-4-5-11-25/h6-9,13H,4-5,10-12H2,1-3H3,(H,20,24). The molecule has 0 aliphatic carbocycles. The summed E-state index contributed by atoms with van der Waals surface area (Å²) in [6, 6.07) is 8.11. The van der Waals surface area contributed by atoms with E-state index in [1.165, 1.54) is 12.8 Å². The zero-order chi connectivity index (χ0) is 18.1. The van der Waals surface area contributed by atoms with Crippen LogP contribution in [0.5, 0.6) is 0 Å². The first-order valence-electron chi connectivity index (χ1n) is 9.17. The minimum Gasteiger partial charge on any atom is -0.364 e. The van der Waals surface area contributed by atoms with Crippen LogP contribution in [0, 0.1) is 0 Å². The molecule has 7 nitrogen and oxygen atoms in total. The third-order valence-electron chi connectivity index (χ3n) is 4.65. The van der Waals surface area contributed by atoms with Gasteiger partial charge in [0.15, 0.2) is 11.5 Å². The molecule has 0 bridgehead atoms. The van der Waals surface area contributed by atoms with Gasteiger partial charge in [-0.05, 0) is 36.6 Å². The maximum absolute atomic E-state index is 4.65. The van der Waals surface area contributed by atoms with Gasteiger partial charge in [0.05, 0.1) is 0 Å². The molecule has 0 unspecified atom stereocenters. The molecule has 26 heavy (non-hydrogen) atoms. The molecule has 3 aromatic rings. The Morgan fingerprint density at radius 2 is 1.85 bits per heavy atom. The second-order valence-electron chi connectivity index (χ2n) is 7.83. The lowest BCUT2D eigenvalue weighted by Gasteiger charge is -2.16. The number of hydrogen-bond acceptors (Lipinski definition) is 6. The van der Waals surface area contributed by atoms with E-state index in [1.54, 1.807) is 0 Å². The second kappa shape index (κ2) is 6.55. The van der Waals surface area contributed by atoms with Gasteiger partial charge in [-0.25, -0.2) is 4.98 Å². The Morgan fingerprint density at radius 1 is 1.04 bits per heavy atom. The van der Waals surface area contributed by atoms with E-state index in [0.717, 1.165) is 41.8 Å². The monoisotopic (exact) mass is 351 g/mol. The molecule has 1 fully saturated rings. The van der Waals surface area contributed by atoms with Gasteiger partial charge in [-0.3, -0.25) is 0 Å². The maximum atomic E-state index is 4.65. The van der Waals surface area contributed by atoms with Crippen LogP contribution in [0.3, 0.4) is 0 Å². The van der Waals surface area contributed by atoms with Crippen molar-refractivity contribution in [2.45, 2.75) is 45.6 Å². The Bertz CT molecular complexity index is 886. The largest absolute Gasteiger partial charge is 0.364 e. The van der Waals surface area contributed by atoms with Gasteiger partial charge in [0.2, 0.25) is 0 Å². The van der Waals surface area contributed by atoms with E-state index in [9.17, 15) is 0 Å². The fourth-order valence-electron chi connectivity index (χ4n) is 3.20. The quantitative estimate of drug-likeness (QED) is 0.779. The van der Waals surface area contributed by atoms with Gasteiger partial charge >= 0.3 is 0 Å². The summed E-state index contributed by atoms with van der Waals surface area (Å²) in [6.07, 6.45) is 4.47. The molecule has 1 saturated heterocycles. The highest BCUT2D eigenvalue weighted by Crippen LogP contribution is 2.21. The highest BCUT2D eigenvalue weighted by Gasteiger charge is 2.21. The summed E-state index contributed by atoms with van der Waals surface area (Å²) in [5.74, 6) is 2.73. The number of aromatic nitrogens is 5. The lowest BCUT2D eigenvalue weighted by Crippen LogP contribution is -2.19. The van der Waals surface area contributed by atoms with Gasteiger partial charge in [0, 0.05) is 31.2 Å². The van der Waals surface area contributed by atoms with Crippen LogP contribution in [0.25, 0.3) is 5.65 Å². The SMILES string of the molecule is CC(C)(C)c1nnc2ccc(NCc3ccc(N4CCCC4)nc3)nn12. The van der Waals surface area contributed by atoms with Crippen LogP contribution in [-0.2, 0) is 12.0 Å². The van der Waals surface area contributed by atoms with E-state index in [1.807, 2.05) is 22.8 Å². The van der Waals surface area contributed by atoms with Crippen molar-refractivity contribution in [1.82, 2.24) is 24.8 Å². The summed E-state index contributed by atoms with van der Waals surface area (Å²) in [6.45, 7) is 9.24. The smallest absolute Gasteiger partial charge is 0.178 e. The van der Waals surface area contributed by atoms with Crippen molar-refractivity contribution in [3.05, 3.63) is 41.9 Å². The molecule has 1 N–H and O–H groups in total. The molecule has 1 aliphatic heterocycles. The Kier molecular flexibility index (Phi) is 4.22. The molecule has 0 aromatic carbocycles. The highest BCUT2D eigenvalue weighted by atomic mass is 15.4. The molecule has 1 aliphatic rings.